The third-order valence-corrected chi connectivity index (χ3v) is 4.65. The van der Waals surface area contributed by atoms with Gasteiger partial charge in [-0.15, -0.1) is 0 Å². The Hall–Kier alpha value is -1.09. The zero-order valence-electron chi connectivity index (χ0n) is 11.5. The molecule has 0 bridgehead atoms. The molecule has 0 amide bonds. The van der Waals surface area contributed by atoms with Crippen LogP contribution in [0.3, 0.4) is 0 Å². The van der Waals surface area contributed by atoms with E-state index >= 15 is 0 Å². The van der Waals surface area contributed by atoms with Crippen molar-refractivity contribution >= 4 is 5.69 Å². The molecule has 3 heteroatoms. The zero-order chi connectivity index (χ0) is 13.0. The van der Waals surface area contributed by atoms with Crippen molar-refractivity contribution in [2.45, 2.75) is 46.1 Å². The predicted molar refractivity (Wildman–Crippen MR) is 74.6 cm³/mol. The zero-order valence-corrected chi connectivity index (χ0v) is 11.5. The summed E-state index contributed by atoms with van der Waals surface area (Å²) in [6, 6.07) is 4.05. The number of rotatable bonds is 4. The molecule has 0 radical (unpaired) electrons. The van der Waals surface area contributed by atoms with E-state index in [0.717, 1.165) is 18.8 Å². The standard InChI is InChI=1S/C15H24N2O/c1-3-15(4-2)6-9-17(10-7-15)14-5-8-16-13(11-14)12-18/h5,8,11,18H,3-4,6-7,9-10,12H2,1-2H3. The molecule has 2 heterocycles. The van der Waals surface area contributed by atoms with E-state index in [1.807, 2.05) is 12.1 Å². The minimum atomic E-state index is 0.0234. The van der Waals surface area contributed by atoms with Gasteiger partial charge in [0.05, 0.1) is 12.3 Å². The average Bonchev–Trinajstić information content (AvgIpc) is 2.47. The molecule has 0 atom stereocenters. The molecule has 1 aromatic heterocycles. The van der Waals surface area contributed by atoms with E-state index in [-0.39, 0.29) is 6.61 Å². The van der Waals surface area contributed by atoms with Crippen molar-refractivity contribution in [2.24, 2.45) is 5.41 Å². The van der Waals surface area contributed by atoms with Crippen molar-refractivity contribution in [3.05, 3.63) is 24.0 Å². The van der Waals surface area contributed by atoms with Gasteiger partial charge in [-0.2, -0.15) is 0 Å². The molecule has 1 saturated heterocycles. The summed E-state index contributed by atoms with van der Waals surface area (Å²) in [5.41, 5.74) is 2.52. The van der Waals surface area contributed by atoms with Crippen molar-refractivity contribution in [3.8, 4) is 0 Å². The Morgan fingerprint density at radius 1 is 1.28 bits per heavy atom. The highest BCUT2D eigenvalue weighted by atomic mass is 16.3. The van der Waals surface area contributed by atoms with Crippen LogP contribution in [0.4, 0.5) is 5.69 Å². The number of piperidine rings is 1. The molecule has 1 fully saturated rings. The van der Waals surface area contributed by atoms with Gasteiger partial charge in [0, 0.05) is 25.0 Å². The van der Waals surface area contributed by atoms with E-state index in [4.69, 9.17) is 5.11 Å². The molecular weight excluding hydrogens is 224 g/mol. The number of aromatic nitrogens is 1. The number of nitrogens with zero attached hydrogens (tertiary/aromatic N) is 2. The topological polar surface area (TPSA) is 36.4 Å². The Morgan fingerprint density at radius 2 is 1.94 bits per heavy atom. The fraction of sp³-hybridized carbons (Fsp3) is 0.667. The largest absolute Gasteiger partial charge is 0.390 e. The second-order valence-electron chi connectivity index (χ2n) is 5.36. The van der Waals surface area contributed by atoms with Crippen molar-refractivity contribution < 1.29 is 5.11 Å². The van der Waals surface area contributed by atoms with Crippen molar-refractivity contribution in [1.29, 1.82) is 0 Å². The molecule has 0 saturated carbocycles. The van der Waals surface area contributed by atoms with E-state index in [1.165, 1.54) is 31.4 Å². The van der Waals surface area contributed by atoms with E-state index < -0.39 is 0 Å². The lowest BCUT2D eigenvalue weighted by atomic mass is 9.74. The molecule has 0 aliphatic carbocycles. The normalized spacial score (nSPS) is 18.9. The van der Waals surface area contributed by atoms with Crippen LogP contribution in [0.15, 0.2) is 18.3 Å². The summed E-state index contributed by atoms with van der Waals surface area (Å²) in [7, 11) is 0. The first-order valence-corrected chi connectivity index (χ1v) is 7.04. The van der Waals surface area contributed by atoms with Crippen LogP contribution in [0.1, 0.15) is 45.2 Å². The van der Waals surface area contributed by atoms with Gasteiger partial charge in [0.1, 0.15) is 0 Å². The monoisotopic (exact) mass is 248 g/mol. The summed E-state index contributed by atoms with van der Waals surface area (Å²) < 4.78 is 0. The summed E-state index contributed by atoms with van der Waals surface area (Å²) in [4.78, 5) is 6.56. The Morgan fingerprint density at radius 3 is 2.50 bits per heavy atom. The summed E-state index contributed by atoms with van der Waals surface area (Å²) >= 11 is 0. The van der Waals surface area contributed by atoms with Crippen LogP contribution in [0.2, 0.25) is 0 Å². The Kier molecular flexibility index (Phi) is 4.23. The molecule has 1 aliphatic heterocycles. The van der Waals surface area contributed by atoms with Crippen LogP contribution in [-0.4, -0.2) is 23.2 Å². The third kappa shape index (κ3) is 2.66. The van der Waals surface area contributed by atoms with E-state index in [0.29, 0.717) is 5.41 Å². The molecule has 2 rings (SSSR count). The molecular formula is C15H24N2O. The van der Waals surface area contributed by atoms with E-state index in [2.05, 4.69) is 23.7 Å². The predicted octanol–water partition coefficient (Wildman–Crippen LogP) is 2.98. The highest BCUT2D eigenvalue weighted by molar-refractivity contribution is 5.46. The summed E-state index contributed by atoms with van der Waals surface area (Å²) in [6.07, 6.45) is 6.92. The maximum atomic E-state index is 9.14. The van der Waals surface area contributed by atoms with Gasteiger partial charge in [-0.25, -0.2) is 0 Å². The lowest BCUT2D eigenvalue weighted by Crippen LogP contribution is -2.39. The SMILES string of the molecule is CCC1(CC)CCN(c2ccnc(CO)c2)CC1. The smallest absolute Gasteiger partial charge is 0.0853 e. The van der Waals surface area contributed by atoms with Crippen molar-refractivity contribution in [1.82, 2.24) is 4.98 Å². The highest BCUT2D eigenvalue weighted by Crippen LogP contribution is 2.39. The Labute approximate surface area is 110 Å². The summed E-state index contributed by atoms with van der Waals surface area (Å²) in [6.45, 7) is 6.90. The molecule has 0 spiro atoms. The number of pyridine rings is 1. The van der Waals surface area contributed by atoms with Crippen molar-refractivity contribution in [2.75, 3.05) is 18.0 Å². The number of aliphatic hydroxyl groups is 1. The molecule has 3 nitrogen and oxygen atoms in total. The summed E-state index contributed by atoms with van der Waals surface area (Å²) in [5.74, 6) is 0. The number of hydrogen-bond donors (Lipinski definition) is 1. The van der Waals surface area contributed by atoms with Crippen LogP contribution in [-0.2, 0) is 6.61 Å². The molecule has 18 heavy (non-hydrogen) atoms. The van der Waals surface area contributed by atoms with Gasteiger partial charge < -0.3 is 10.0 Å². The molecule has 100 valence electrons. The number of hydrogen-bond acceptors (Lipinski definition) is 3. The maximum absolute atomic E-state index is 9.14. The van der Waals surface area contributed by atoms with Crippen molar-refractivity contribution in [3.63, 3.8) is 0 Å². The molecule has 1 aromatic rings. The van der Waals surface area contributed by atoms with Crippen LogP contribution in [0.25, 0.3) is 0 Å². The van der Waals surface area contributed by atoms with E-state index in [1.54, 1.807) is 6.20 Å². The van der Waals surface area contributed by atoms with Gasteiger partial charge in [0.15, 0.2) is 0 Å². The van der Waals surface area contributed by atoms with Crippen LogP contribution >= 0.6 is 0 Å². The van der Waals surface area contributed by atoms with E-state index in [9.17, 15) is 0 Å². The first kappa shape index (κ1) is 13.3. The second kappa shape index (κ2) is 5.70. The Bertz CT molecular complexity index is 378. The lowest BCUT2D eigenvalue weighted by Gasteiger charge is -2.42. The second-order valence-corrected chi connectivity index (χ2v) is 5.36. The molecule has 1 N–H and O–H groups in total. The van der Waals surface area contributed by atoms with Gasteiger partial charge in [0.25, 0.3) is 0 Å². The fourth-order valence-electron chi connectivity index (χ4n) is 2.94. The van der Waals surface area contributed by atoms with Gasteiger partial charge >= 0.3 is 0 Å². The summed E-state index contributed by atoms with van der Waals surface area (Å²) in [5, 5.41) is 9.14. The highest BCUT2D eigenvalue weighted by Gasteiger charge is 2.31. The van der Waals surface area contributed by atoms with Gasteiger partial charge in [0.2, 0.25) is 0 Å². The minimum absolute atomic E-state index is 0.0234. The Balaban J connectivity index is 2.04. The van der Waals surface area contributed by atoms with Crippen LogP contribution < -0.4 is 4.90 Å². The number of anilines is 1. The van der Waals surface area contributed by atoms with Gasteiger partial charge in [-0.3, -0.25) is 4.98 Å². The average molecular weight is 248 g/mol. The third-order valence-electron chi connectivity index (χ3n) is 4.65. The molecule has 1 aliphatic rings. The number of aliphatic hydroxyl groups excluding tert-OH is 1. The fourth-order valence-corrected chi connectivity index (χ4v) is 2.94. The van der Waals surface area contributed by atoms with Crippen LogP contribution in [0, 0.1) is 5.41 Å². The first-order chi connectivity index (χ1) is 8.73. The first-order valence-electron chi connectivity index (χ1n) is 7.04. The van der Waals surface area contributed by atoms with Crippen LogP contribution in [0.5, 0.6) is 0 Å². The lowest BCUT2D eigenvalue weighted by molar-refractivity contribution is 0.199. The quantitative estimate of drug-likeness (QED) is 0.890. The maximum Gasteiger partial charge on any atom is 0.0853 e. The molecule has 0 aromatic carbocycles. The van der Waals surface area contributed by atoms with Gasteiger partial charge in [-0.1, -0.05) is 26.7 Å². The minimum Gasteiger partial charge on any atom is -0.390 e. The molecule has 0 unspecified atom stereocenters. The van der Waals surface area contributed by atoms with Gasteiger partial charge in [-0.05, 0) is 30.4 Å².